The molecule has 1 N–H and O–H groups in total. The lowest BCUT2D eigenvalue weighted by Gasteiger charge is -2.37. The summed E-state index contributed by atoms with van der Waals surface area (Å²) in [5.74, 6) is 0.633. The number of cyclic esters (lactones) is 1. The lowest BCUT2D eigenvalue weighted by atomic mass is 9.76. The first-order valence-corrected chi connectivity index (χ1v) is 11.2. The third kappa shape index (κ3) is 3.58. The number of aliphatic hydroxyl groups excluding tert-OH is 1. The highest BCUT2D eigenvalue weighted by molar-refractivity contribution is 5.97. The summed E-state index contributed by atoms with van der Waals surface area (Å²) in [6, 6.07) is 5.78. The second-order valence-electron chi connectivity index (χ2n) is 9.23. The molecule has 0 radical (unpaired) electrons. The summed E-state index contributed by atoms with van der Waals surface area (Å²) in [6.45, 7) is 4.23. The number of benzene rings is 1. The summed E-state index contributed by atoms with van der Waals surface area (Å²) in [5, 5.41) is 9.68. The summed E-state index contributed by atoms with van der Waals surface area (Å²) in [5.41, 5.74) is 1.29. The fraction of sp³-hybridized carbons (Fsp3) is 0.652. The van der Waals surface area contributed by atoms with E-state index in [-0.39, 0.29) is 24.1 Å². The smallest absolute Gasteiger partial charge is 0.312 e. The second-order valence-corrected chi connectivity index (χ2v) is 9.23. The Morgan fingerprint density at radius 1 is 1.17 bits per heavy atom. The first-order valence-electron chi connectivity index (χ1n) is 11.2. The SMILES string of the molecule is O=C(c1cccc2c1OCC2)N1CCC2(CC1)CC(CN1CCC(O)CC1)OC2=O. The van der Waals surface area contributed by atoms with Gasteiger partial charge >= 0.3 is 5.97 Å². The van der Waals surface area contributed by atoms with Gasteiger partial charge in [-0.1, -0.05) is 12.1 Å². The third-order valence-corrected chi connectivity index (χ3v) is 7.30. The number of piperidine rings is 2. The molecule has 7 heteroatoms. The van der Waals surface area contributed by atoms with Gasteiger partial charge in [-0.2, -0.15) is 0 Å². The van der Waals surface area contributed by atoms with E-state index in [1.54, 1.807) is 0 Å². The predicted molar refractivity (Wildman–Crippen MR) is 109 cm³/mol. The van der Waals surface area contributed by atoms with Gasteiger partial charge in [-0.3, -0.25) is 14.5 Å². The van der Waals surface area contributed by atoms with Crippen LogP contribution in [0.25, 0.3) is 0 Å². The molecule has 1 aromatic rings. The largest absolute Gasteiger partial charge is 0.492 e. The van der Waals surface area contributed by atoms with E-state index < -0.39 is 5.41 Å². The van der Waals surface area contributed by atoms with E-state index >= 15 is 0 Å². The molecule has 5 rings (SSSR count). The van der Waals surface area contributed by atoms with Crippen molar-refractivity contribution in [2.75, 3.05) is 39.3 Å². The van der Waals surface area contributed by atoms with Crippen LogP contribution in [0.4, 0.5) is 0 Å². The molecule has 1 amide bonds. The Kier molecular flexibility index (Phi) is 5.19. The predicted octanol–water partition coefficient (Wildman–Crippen LogP) is 1.62. The van der Waals surface area contributed by atoms with Gasteiger partial charge in [0, 0.05) is 45.6 Å². The highest BCUT2D eigenvalue weighted by atomic mass is 16.6. The Balaban J connectivity index is 1.20. The Hall–Kier alpha value is -2.12. The number of carbonyl (C=O) groups is 2. The van der Waals surface area contributed by atoms with Gasteiger partial charge in [-0.25, -0.2) is 0 Å². The van der Waals surface area contributed by atoms with E-state index in [0.29, 0.717) is 38.1 Å². The average molecular weight is 415 g/mol. The van der Waals surface area contributed by atoms with Gasteiger partial charge in [0.1, 0.15) is 11.9 Å². The van der Waals surface area contributed by atoms with Crippen LogP contribution in [-0.2, 0) is 16.0 Å². The minimum absolute atomic E-state index is 0.00149. The van der Waals surface area contributed by atoms with Gasteiger partial charge in [-0.05, 0) is 37.3 Å². The van der Waals surface area contributed by atoms with Crippen molar-refractivity contribution >= 4 is 11.9 Å². The number of hydrogen-bond donors (Lipinski definition) is 1. The molecule has 4 aliphatic rings. The van der Waals surface area contributed by atoms with Crippen molar-refractivity contribution in [1.82, 2.24) is 9.80 Å². The molecule has 4 aliphatic heterocycles. The molecule has 0 bridgehead atoms. The summed E-state index contributed by atoms with van der Waals surface area (Å²) in [6.07, 6.45) is 4.19. The molecular weight excluding hydrogens is 384 g/mol. The highest BCUT2D eigenvalue weighted by Crippen LogP contribution is 2.44. The van der Waals surface area contributed by atoms with Gasteiger partial charge in [0.05, 0.1) is 23.7 Å². The second kappa shape index (κ2) is 7.85. The molecule has 0 aliphatic carbocycles. The van der Waals surface area contributed by atoms with Crippen molar-refractivity contribution in [3.05, 3.63) is 29.3 Å². The molecule has 0 saturated carbocycles. The van der Waals surface area contributed by atoms with Gasteiger partial charge in [-0.15, -0.1) is 0 Å². The number of amides is 1. The number of nitrogens with zero attached hydrogens (tertiary/aromatic N) is 2. The van der Waals surface area contributed by atoms with E-state index in [2.05, 4.69) is 4.90 Å². The van der Waals surface area contributed by atoms with Crippen LogP contribution in [0.15, 0.2) is 18.2 Å². The molecule has 3 fully saturated rings. The van der Waals surface area contributed by atoms with Crippen LogP contribution in [-0.4, -0.2) is 78.3 Å². The fourth-order valence-corrected chi connectivity index (χ4v) is 5.43. The number of para-hydroxylation sites is 1. The lowest BCUT2D eigenvalue weighted by molar-refractivity contribution is -0.151. The van der Waals surface area contributed by atoms with Crippen molar-refractivity contribution in [3.8, 4) is 5.75 Å². The summed E-state index contributed by atoms with van der Waals surface area (Å²) < 4.78 is 11.5. The zero-order valence-corrected chi connectivity index (χ0v) is 17.3. The fourth-order valence-electron chi connectivity index (χ4n) is 5.43. The minimum Gasteiger partial charge on any atom is -0.492 e. The molecule has 4 heterocycles. The van der Waals surface area contributed by atoms with E-state index in [9.17, 15) is 14.7 Å². The molecule has 162 valence electrons. The van der Waals surface area contributed by atoms with E-state index in [0.717, 1.165) is 56.6 Å². The minimum atomic E-state index is -0.452. The number of aliphatic hydroxyl groups is 1. The zero-order chi connectivity index (χ0) is 20.7. The van der Waals surface area contributed by atoms with Crippen LogP contribution < -0.4 is 4.74 Å². The van der Waals surface area contributed by atoms with Gasteiger partial charge in [0.25, 0.3) is 5.91 Å². The van der Waals surface area contributed by atoms with Crippen LogP contribution in [0.1, 0.15) is 48.0 Å². The number of ether oxygens (including phenoxy) is 2. The van der Waals surface area contributed by atoms with Crippen molar-refractivity contribution in [2.24, 2.45) is 5.41 Å². The Morgan fingerprint density at radius 2 is 1.93 bits per heavy atom. The van der Waals surface area contributed by atoms with Crippen molar-refractivity contribution in [1.29, 1.82) is 0 Å². The van der Waals surface area contributed by atoms with Gasteiger partial charge in [0.15, 0.2) is 0 Å². The van der Waals surface area contributed by atoms with E-state index in [1.165, 1.54) is 0 Å². The molecule has 3 saturated heterocycles. The van der Waals surface area contributed by atoms with Crippen molar-refractivity contribution < 1.29 is 24.2 Å². The number of fused-ring (bicyclic) bond motifs is 1. The molecule has 7 nitrogen and oxygen atoms in total. The number of carbonyl (C=O) groups excluding carboxylic acids is 2. The number of hydrogen-bond acceptors (Lipinski definition) is 6. The van der Waals surface area contributed by atoms with Gasteiger partial charge < -0.3 is 19.5 Å². The maximum atomic E-state index is 13.1. The summed E-state index contributed by atoms with van der Waals surface area (Å²) >= 11 is 0. The first kappa shape index (κ1) is 19.8. The summed E-state index contributed by atoms with van der Waals surface area (Å²) in [7, 11) is 0. The van der Waals surface area contributed by atoms with E-state index in [4.69, 9.17) is 9.47 Å². The normalized spacial score (nSPS) is 26.5. The Labute approximate surface area is 176 Å². The van der Waals surface area contributed by atoms with E-state index in [1.807, 2.05) is 23.1 Å². The molecule has 1 unspecified atom stereocenters. The third-order valence-electron chi connectivity index (χ3n) is 7.30. The average Bonchev–Trinajstić information content (AvgIpc) is 3.34. The first-order chi connectivity index (χ1) is 14.5. The Morgan fingerprint density at radius 3 is 2.70 bits per heavy atom. The monoisotopic (exact) mass is 414 g/mol. The topological polar surface area (TPSA) is 79.3 Å². The summed E-state index contributed by atoms with van der Waals surface area (Å²) in [4.78, 5) is 30.0. The van der Waals surface area contributed by atoms with Crippen molar-refractivity contribution in [2.45, 2.75) is 50.7 Å². The molecule has 0 aromatic heterocycles. The van der Waals surface area contributed by atoms with Crippen LogP contribution in [0.3, 0.4) is 0 Å². The van der Waals surface area contributed by atoms with Crippen molar-refractivity contribution in [3.63, 3.8) is 0 Å². The molecule has 1 spiro atoms. The maximum Gasteiger partial charge on any atom is 0.312 e. The molecule has 1 aromatic carbocycles. The van der Waals surface area contributed by atoms with Crippen LogP contribution >= 0.6 is 0 Å². The molecular formula is C23H30N2O5. The number of esters is 1. The standard InChI is InChI=1S/C23H30N2O5/c26-17-4-9-24(10-5-17)15-18-14-23(22(28)30-18)7-11-25(12-8-23)21(27)19-3-1-2-16-6-13-29-20(16)19/h1-3,17-18,26H,4-15H2. The van der Waals surface area contributed by atoms with Crippen LogP contribution in [0.2, 0.25) is 0 Å². The zero-order valence-electron chi connectivity index (χ0n) is 17.3. The van der Waals surface area contributed by atoms with Crippen LogP contribution in [0.5, 0.6) is 5.75 Å². The molecule has 30 heavy (non-hydrogen) atoms. The highest BCUT2D eigenvalue weighted by Gasteiger charge is 2.51. The maximum absolute atomic E-state index is 13.1. The van der Waals surface area contributed by atoms with Crippen LogP contribution in [0, 0.1) is 5.41 Å². The number of likely N-dealkylation sites (tertiary alicyclic amines) is 2. The number of rotatable bonds is 3. The lowest BCUT2D eigenvalue weighted by Crippen LogP contribution is -2.45. The van der Waals surface area contributed by atoms with Gasteiger partial charge in [0.2, 0.25) is 0 Å². The Bertz CT molecular complexity index is 825. The molecule has 1 atom stereocenters. The quantitative estimate of drug-likeness (QED) is 0.758.